The maximum atomic E-state index is 3.71. The molecule has 2 saturated heterocycles. The summed E-state index contributed by atoms with van der Waals surface area (Å²) in [6.45, 7) is 4.04. The monoisotopic (exact) mass is 166 g/mol. The lowest BCUT2D eigenvalue weighted by molar-refractivity contribution is 0.294. The summed E-state index contributed by atoms with van der Waals surface area (Å²) in [7, 11) is 0. The number of likely N-dealkylation sites (tertiary alicyclic amines) is 1. The van der Waals surface area contributed by atoms with Crippen LogP contribution in [0.25, 0.3) is 0 Å². The number of rotatable bonds is 2. The minimum atomic E-state index is 0.840. The standard InChI is InChI=1S/C10H18N2/c1-2-4-12(3-1)7-9-5-8-6-10(8)11-9/h8-11H,1-7H2/t8-,9-,10+/m0/s1. The third kappa shape index (κ3) is 1.27. The first kappa shape index (κ1) is 7.34. The van der Waals surface area contributed by atoms with Crippen LogP contribution in [-0.2, 0) is 0 Å². The Kier molecular flexibility index (Phi) is 1.66. The summed E-state index contributed by atoms with van der Waals surface area (Å²) < 4.78 is 0. The average Bonchev–Trinajstić information content (AvgIpc) is 2.55. The van der Waals surface area contributed by atoms with Gasteiger partial charge in [-0.2, -0.15) is 0 Å². The molecule has 0 unspecified atom stereocenters. The summed E-state index contributed by atoms with van der Waals surface area (Å²) in [4.78, 5) is 2.63. The molecule has 3 fully saturated rings. The van der Waals surface area contributed by atoms with Crippen molar-refractivity contribution in [3.63, 3.8) is 0 Å². The van der Waals surface area contributed by atoms with Gasteiger partial charge in [0.25, 0.3) is 0 Å². The van der Waals surface area contributed by atoms with Crippen LogP contribution in [0.2, 0.25) is 0 Å². The Morgan fingerprint density at radius 1 is 1.17 bits per heavy atom. The van der Waals surface area contributed by atoms with Crippen LogP contribution in [0.15, 0.2) is 0 Å². The van der Waals surface area contributed by atoms with Crippen molar-refractivity contribution >= 4 is 0 Å². The molecule has 1 aliphatic carbocycles. The van der Waals surface area contributed by atoms with Crippen LogP contribution in [0.5, 0.6) is 0 Å². The van der Waals surface area contributed by atoms with Crippen molar-refractivity contribution in [3.8, 4) is 0 Å². The highest BCUT2D eigenvalue weighted by atomic mass is 15.2. The van der Waals surface area contributed by atoms with Gasteiger partial charge in [0.2, 0.25) is 0 Å². The van der Waals surface area contributed by atoms with Crippen LogP contribution in [0, 0.1) is 5.92 Å². The zero-order valence-corrected chi connectivity index (χ0v) is 7.63. The van der Waals surface area contributed by atoms with E-state index >= 15 is 0 Å². The predicted molar refractivity (Wildman–Crippen MR) is 49.1 cm³/mol. The fourth-order valence-electron chi connectivity index (χ4n) is 2.85. The highest BCUT2D eigenvalue weighted by Gasteiger charge is 2.45. The van der Waals surface area contributed by atoms with E-state index in [0.29, 0.717) is 0 Å². The fraction of sp³-hybridized carbons (Fsp3) is 1.00. The molecule has 0 amide bonds. The second kappa shape index (κ2) is 2.71. The van der Waals surface area contributed by atoms with Gasteiger partial charge >= 0.3 is 0 Å². The van der Waals surface area contributed by atoms with Crippen molar-refractivity contribution in [3.05, 3.63) is 0 Å². The quantitative estimate of drug-likeness (QED) is 0.654. The van der Waals surface area contributed by atoms with Crippen molar-refractivity contribution in [1.29, 1.82) is 0 Å². The molecule has 0 aromatic rings. The van der Waals surface area contributed by atoms with Crippen LogP contribution in [0.1, 0.15) is 25.7 Å². The van der Waals surface area contributed by atoms with Gasteiger partial charge in [0.05, 0.1) is 0 Å². The maximum absolute atomic E-state index is 3.71. The minimum absolute atomic E-state index is 0.840. The van der Waals surface area contributed by atoms with Crippen LogP contribution in [0.3, 0.4) is 0 Å². The van der Waals surface area contributed by atoms with E-state index in [2.05, 4.69) is 10.2 Å². The topological polar surface area (TPSA) is 15.3 Å². The predicted octanol–water partition coefficient (Wildman–Crippen LogP) is 0.833. The van der Waals surface area contributed by atoms with E-state index in [1.807, 2.05) is 0 Å². The van der Waals surface area contributed by atoms with Crippen molar-refractivity contribution in [2.45, 2.75) is 37.8 Å². The van der Waals surface area contributed by atoms with Crippen LogP contribution < -0.4 is 5.32 Å². The smallest absolute Gasteiger partial charge is 0.0200 e. The lowest BCUT2D eigenvalue weighted by atomic mass is 10.2. The van der Waals surface area contributed by atoms with Gasteiger partial charge in [-0.25, -0.2) is 0 Å². The summed E-state index contributed by atoms with van der Waals surface area (Å²) in [5, 5.41) is 3.71. The van der Waals surface area contributed by atoms with Gasteiger partial charge in [0.15, 0.2) is 0 Å². The van der Waals surface area contributed by atoms with Crippen molar-refractivity contribution < 1.29 is 0 Å². The second-order valence-corrected chi connectivity index (χ2v) is 4.71. The molecule has 0 bridgehead atoms. The summed E-state index contributed by atoms with van der Waals surface area (Å²) in [6, 6.07) is 1.77. The van der Waals surface area contributed by atoms with E-state index in [-0.39, 0.29) is 0 Å². The Morgan fingerprint density at radius 2 is 2.00 bits per heavy atom. The molecule has 0 spiro atoms. The molecule has 2 heteroatoms. The first-order chi connectivity index (χ1) is 5.92. The molecule has 3 atom stereocenters. The van der Waals surface area contributed by atoms with Gasteiger partial charge < -0.3 is 10.2 Å². The Hall–Kier alpha value is -0.0800. The van der Waals surface area contributed by atoms with Gasteiger partial charge in [-0.3, -0.25) is 0 Å². The van der Waals surface area contributed by atoms with Crippen LogP contribution >= 0.6 is 0 Å². The molecule has 3 aliphatic rings. The SMILES string of the molecule is C1CCN(C[C@@H]2C[C@H]3C[C@H]3N2)C1. The average molecular weight is 166 g/mol. The molecule has 0 aromatic heterocycles. The largest absolute Gasteiger partial charge is 0.310 e. The van der Waals surface area contributed by atoms with Gasteiger partial charge in [-0.05, 0) is 44.7 Å². The molecule has 3 rings (SSSR count). The first-order valence-corrected chi connectivity index (χ1v) is 5.40. The number of fused-ring (bicyclic) bond motifs is 1. The maximum Gasteiger partial charge on any atom is 0.0200 e. The Bertz CT molecular complexity index is 165. The molecule has 1 saturated carbocycles. The molecule has 2 heterocycles. The van der Waals surface area contributed by atoms with E-state index in [4.69, 9.17) is 0 Å². The number of hydrogen-bond donors (Lipinski definition) is 1. The van der Waals surface area contributed by atoms with E-state index in [9.17, 15) is 0 Å². The second-order valence-electron chi connectivity index (χ2n) is 4.71. The zero-order chi connectivity index (χ0) is 7.97. The molecule has 1 N–H and O–H groups in total. The highest BCUT2D eigenvalue weighted by Crippen LogP contribution is 2.40. The van der Waals surface area contributed by atoms with Gasteiger partial charge in [0.1, 0.15) is 0 Å². The fourth-order valence-corrected chi connectivity index (χ4v) is 2.85. The molecular weight excluding hydrogens is 148 g/mol. The number of nitrogens with zero attached hydrogens (tertiary/aromatic N) is 1. The molecule has 68 valence electrons. The lowest BCUT2D eigenvalue weighted by Crippen LogP contribution is -2.37. The zero-order valence-electron chi connectivity index (χ0n) is 7.63. The Morgan fingerprint density at radius 3 is 2.67 bits per heavy atom. The van der Waals surface area contributed by atoms with Gasteiger partial charge in [-0.15, -0.1) is 0 Å². The van der Waals surface area contributed by atoms with Crippen LogP contribution in [0.4, 0.5) is 0 Å². The van der Waals surface area contributed by atoms with E-state index in [1.165, 1.54) is 45.3 Å². The summed E-state index contributed by atoms with van der Waals surface area (Å²) in [5.74, 6) is 1.07. The van der Waals surface area contributed by atoms with E-state index < -0.39 is 0 Å². The summed E-state index contributed by atoms with van der Waals surface area (Å²) >= 11 is 0. The first-order valence-electron chi connectivity index (χ1n) is 5.40. The highest BCUT2D eigenvalue weighted by molar-refractivity contribution is 5.04. The minimum Gasteiger partial charge on any atom is -0.310 e. The number of hydrogen-bond acceptors (Lipinski definition) is 2. The summed E-state index contributed by atoms with van der Waals surface area (Å²) in [6.07, 6.45) is 5.79. The number of piperidine rings is 1. The molecule has 12 heavy (non-hydrogen) atoms. The van der Waals surface area contributed by atoms with Crippen molar-refractivity contribution in [2.24, 2.45) is 5.92 Å². The molecule has 0 aromatic carbocycles. The van der Waals surface area contributed by atoms with E-state index in [0.717, 1.165) is 18.0 Å². The number of nitrogens with one attached hydrogen (secondary N) is 1. The summed E-state index contributed by atoms with van der Waals surface area (Å²) in [5.41, 5.74) is 0. The van der Waals surface area contributed by atoms with Crippen LogP contribution in [-0.4, -0.2) is 36.6 Å². The third-order valence-corrected chi connectivity index (χ3v) is 3.64. The third-order valence-electron chi connectivity index (χ3n) is 3.64. The molecular formula is C10H18N2. The van der Waals surface area contributed by atoms with Gasteiger partial charge in [-0.1, -0.05) is 0 Å². The molecule has 2 nitrogen and oxygen atoms in total. The molecule has 2 aliphatic heterocycles. The lowest BCUT2D eigenvalue weighted by Gasteiger charge is -2.21. The van der Waals surface area contributed by atoms with Crippen molar-refractivity contribution in [2.75, 3.05) is 19.6 Å². The van der Waals surface area contributed by atoms with Gasteiger partial charge in [0, 0.05) is 18.6 Å². The normalized spacial score (nSPS) is 46.5. The van der Waals surface area contributed by atoms with E-state index in [1.54, 1.807) is 0 Å². The Labute approximate surface area is 74.3 Å². The Balaban J connectivity index is 1.48. The van der Waals surface area contributed by atoms with Crippen molar-refractivity contribution in [1.82, 2.24) is 10.2 Å². The molecule has 0 radical (unpaired) electrons.